The van der Waals surface area contributed by atoms with E-state index in [9.17, 15) is 0 Å². The van der Waals surface area contributed by atoms with Gasteiger partial charge in [0, 0.05) is 22.7 Å². The van der Waals surface area contributed by atoms with Crippen molar-refractivity contribution in [3.8, 4) is 44.8 Å². The van der Waals surface area contributed by atoms with Crippen molar-refractivity contribution in [2.24, 2.45) is 0 Å². The van der Waals surface area contributed by atoms with Crippen LogP contribution < -0.4 is 0 Å². The maximum Gasteiger partial charge on any atom is 0.135 e. The Morgan fingerprint density at radius 3 is 2.19 bits per heavy atom. The SMILES string of the molecule is Cc1cccc(-c2c(C)cc(-c3cc(C)ccn3)cc2-c2ccc3oc(-c4ccccc4)cc3c2)c1. The zero-order chi connectivity index (χ0) is 24.6. The van der Waals surface area contributed by atoms with Crippen molar-refractivity contribution in [1.29, 1.82) is 0 Å². The topological polar surface area (TPSA) is 26.0 Å². The van der Waals surface area contributed by atoms with Gasteiger partial charge < -0.3 is 4.42 Å². The van der Waals surface area contributed by atoms with Gasteiger partial charge in [0.15, 0.2) is 0 Å². The summed E-state index contributed by atoms with van der Waals surface area (Å²) in [6.45, 7) is 6.45. The molecule has 0 amide bonds. The van der Waals surface area contributed by atoms with Gasteiger partial charge in [0.25, 0.3) is 0 Å². The third-order valence-corrected chi connectivity index (χ3v) is 6.74. The molecule has 2 nitrogen and oxygen atoms in total. The minimum atomic E-state index is 0.885. The Labute approximate surface area is 211 Å². The lowest BCUT2D eigenvalue weighted by Crippen LogP contribution is -1.93. The molecule has 0 aliphatic carbocycles. The van der Waals surface area contributed by atoms with Gasteiger partial charge in [0.05, 0.1) is 5.69 Å². The van der Waals surface area contributed by atoms with E-state index in [0.29, 0.717) is 0 Å². The molecule has 0 saturated heterocycles. The van der Waals surface area contributed by atoms with E-state index in [0.717, 1.165) is 39.1 Å². The van der Waals surface area contributed by atoms with Gasteiger partial charge in [-0.05, 0) is 96.6 Å². The fourth-order valence-electron chi connectivity index (χ4n) is 5.00. The summed E-state index contributed by atoms with van der Waals surface area (Å²) in [6.07, 6.45) is 1.89. The highest BCUT2D eigenvalue weighted by atomic mass is 16.3. The second-order valence-electron chi connectivity index (χ2n) is 9.53. The monoisotopic (exact) mass is 465 g/mol. The van der Waals surface area contributed by atoms with Crippen LogP contribution in [0, 0.1) is 20.8 Å². The minimum absolute atomic E-state index is 0.885. The van der Waals surface area contributed by atoms with Crippen molar-refractivity contribution < 1.29 is 4.42 Å². The van der Waals surface area contributed by atoms with Crippen LogP contribution in [0.4, 0.5) is 0 Å². The standard InChI is InChI=1S/C34H27NO/c1-22-8-7-11-27(16-22)34-24(3)18-28(31-17-23(2)14-15-35-31)20-30(34)26-12-13-32-29(19-26)21-33(36-32)25-9-5-4-6-10-25/h4-21H,1-3H3. The third kappa shape index (κ3) is 4.12. The van der Waals surface area contributed by atoms with Crippen LogP contribution in [0.3, 0.4) is 0 Å². The van der Waals surface area contributed by atoms with E-state index in [1.165, 1.54) is 33.4 Å². The fraction of sp³-hybridized carbons (Fsp3) is 0.0882. The molecule has 0 N–H and O–H groups in total. The van der Waals surface area contributed by atoms with Crippen molar-refractivity contribution in [3.05, 3.63) is 126 Å². The molecule has 6 rings (SSSR count). The predicted octanol–water partition coefficient (Wildman–Crippen LogP) is 9.42. The van der Waals surface area contributed by atoms with Gasteiger partial charge in [-0.3, -0.25) is 4.98 Å². The van der Waals surface area contributed by atoms with Crippen LogP contribution in [-0.4, -0.2) is 4.98 Å². The number of aromatic nitrogens is 1. The van der Waals surface area contributed by atoms with Crippen molar-refractivity contribution in [2.45, 2.75) is 20.8 Å². The summed E-state index contributed by atoms with van der Waals surface area (Å²) in [5.41, 5.74) is 12.6. The summed E-state index contributed by atoms with van der Waals surface area (Å²) in [7, 11) is 0. The number of benzene rings is 4. The first-order valence-corrected chi connectivity index (χ1v) is 12.3. The molecular weight excluding hydrogens is 438 g/mol. The normalized spacial score (nSPS) is 11.2. The van der Waals surface area contributed by atoms with E-state index < -0.39 is 0 Å². The van der Waals surface area contributed by atoms with Gasteiger partial charge in [-0.15, -0.1) is 0 Å². The molecule has 2 heterocycles. The molecule has 6 aromatic rings. The van der Waals surface area contributed by atoms with Crippen molar-refractivity contribution in [3.63, 3.8) is 0 Å². The Hall–Kier alpha value is -4.43. The van der Waals surface area contributed by atoms with Crippen LogP contribution in [-0.2, 0) is 0 Å². The molecule has 0 fully saturated rings. The number of rotatable bonds is 4. The second kappa shape index (κ2) is 8.98. The zero-order valence-corrected chi connectivity index (χ0v) is 20.7. The minimum Gasteiger partial charge on any atom is -0.456 e. The lowest BCUT2D eigenvalue weighted by molar-refractivity contribution is 0.631. The van der Waals surface area contributed by atoms with Crippen molar-refractivity contribution in [2.75, 3.05) is 0 Å². The van der Waals surface area contributed by atoms with Crippen LogP contribution in [0.1, 0.15) is 16.7 Å². The summed E-state index contributed by atoms with van der Waals surface area (Å²) in [4.78, 5) is 4.67. The van der Waals surface area contributed by atoms with E-state index in [-0.39, 0.29) is 0 Å². The molecule has 0 spiro atoms. The molecule has 174 valence electrons. The van der Waals surface area contributed by atoms with Gasteiger partial charge in [-0.1, -0.05) is 66.2 Å². The largest absolute Gasteiger partial charge is 0.456 e. The van der Waals surface area contributed by atoms with E-state index >= 15 is 0 Å². The highest BCUT2D eigenvalue weighted by molar-refractivity contribution is 5.93. The van der Waals surface area contributed by atoms with Crippen molar-refractivity contribution in [1.82, 2.24) is 4.98 Å². The molecular formula is C34H27NO. The highest BCUT2D eigenvalue weighted by Gasteiger charge is 2.16. The van der Waals surface area contributed by atoms with E-state index in [1.807, 2.05) is 30.5 Å². The number of aryl methyl sites for hydroxylation is 3. The highest BCUT2D eigenvalue weighted by Crippen LogP contribution is 2.40. The number of pyridine rings is 1. The molecule has 2 aromatic heterocycles. The second-order valence-corrected chi connectivity index (χ2v) is 9.53. The molecule has 2 heteroatoms. The predicted molar refractivity (Wildman–Crippen MR) is 150 cm³/mol. The van der Waals surface area contributed by atoms with Crippen molar-refractivity contribution >= 4 is 11.0 Å². The van der Waals surface area contributed by atoms with Gasteiger partial charge in [-0.25, -0.2) is 0 Å². The first-order valence-electron chi connectivity index (χ1n) is 12.3. The average Bonchev–Trinajstić information content (AvgIpc) is 3.32. The molecule has 36 heavy (non-hydrogen) atoms. The zero-order valence-electron chi connectivity index (χ0n) is 20.7. The van der Waals surface area contributed by atoms with Gasteiger partial charge >= 0.3 is 0 Å². The lowest BCUT2D eigenvalue weighted by Gasteiger charge is -2.17. The molecule has 0 aliphatic rings. The summed E-state index contributed by atoms with van der Waals surface area (Å²) in [5, 5.41) is 1.10. The average molecular weight is 466 g/mol. The molecule has 0 aliphatic heterocycles. The summed E-state index contributed by atoms with van der Waals surface area (Å²) in [6, 6.07) is 36.4. The Morgan fingerprint density at radius 2 is 1.39 bits per heavy atom. The van der Waals surface area contributed by atoms with Gasteiger partial charge in [0.1, 0.15) is 11.3 Å². The molecule has 0 saturated carbocycles. The molecule has 0 bridgehead atoms. The fourth-order valence-corrected chi connectivity index (χ4v) is 5.00. The van der Waals surface area contributed by atoms with Gasteiger partial charge in [0.2, 0.25) is 0 Å². The number of furan rings is 1. The van der Waals surface area contributed by atoms with Crippen LogP contribution in [0.2, 0.25) is 0 Å². The Kier molecular flexibility index (Phi) is 5.50. The number of fused-ring (bicyclic) bond motifs is 1. The Bertz CT molecular complexity index is 1710. The molecule has 4 aromatic carbocycles. The molecule has 0 atom stereocenters. The summed E-state index contributed by atoms with van der Waals surface area (Å²) < 4.78 is 6.20. The van der Waals surface area contributed by atoms with E-state index in [2.05, 4.69) is 105 Å². The van der Waals surface area contributed by atoms with Crippen LogP contribution >= 0.6 is 0 Å². The van der Waals surface area contributed by atoms with Crippen LogP contribution in [0.15, 0.2) is 114 Å². The quantitative estimate of drug-likeness (QED) is 0.259. The third-order valence-electron chi connectivity index (χ3n) is 6.74. The maximum absolute atomic E-state index is 6.20. The molecule has 0 radical (unpaired) electrons. The first-order chi connectivity index (χ1) is 17.5. The summed E-state index contributed by atoms with van der Waals surface area (Å²) in [5.74, 6) is 0.885. The maximum atomic E-state index is 6.20. The number of hydrogen-bond donors (Lipinski definition) is 0. The van der Waals surface area contributed by atoms with E-state index in [4.69, 9.17) is 4.42 Å². The first kappa shape index (κ1) is 22.1. The van der Waals surface area contributed by atoms with Crippen LogP contribution in [0.5, 0.6) is 0 Å². The Balaban J connectivity index is 1.56. The lowest BCUT2D eigenvalue weighted by atomic mass is 9.87. The summed E-state index contributed by atoms with van der Waals surface area (Å²) >= 11 is 0. The number of hydrogen-bond acceptors (Lipinski definition) is 2. The smallest absolute Gasteiger partial charge is 0.135 e. The number of nitrogens with zero attached hydrogens (tertiary/aromatic N) is 1. The Morgan fingerprint density at radius 1 is 0.583 bits per heavy atom. The van der Waals surface area contributed by atoms with Gasteiger partial charge in [-0.2, -0.15) is 0 Å². The van der Waals surface area contributed by atoms with Crippen LogP contribution in [0.25, 0.3) is 55.8 Å². The van der Waals surface area contributed by atoms with E-state index in [1.54, 1.807) is 0 Å². The molecule has 0 unspecified atom stereocenters.